The summed E-state index contributed by atoms with van der Waals surface area (Å²) in [5, 5.41) is 8.51. The summed E-state index contributed by atoms with van der Waals surface area (Å²) in [6, 6.07) is 5.56. The number of nitrogens with one attached hydrogen (secondary N) is 1. The molecule has 3 aromatic heterocycles. The van der Waals surface area contributed by atoms with Crippen molar-refractivity contribution < 1.29 is 19.2 Å². The third-order valence-corrected chi connectivity index (χ3v) is 10.5. The van der Waals surface area contributed by atoms with Gasteiger partial charge >= 0.3 is 0 Å². The largest absolute Gasteiger partial charge is 0.355 e. The number of carbonyl (C=O) groups excluding carboxylic acids is 4. The summed E-state index contributed by atoms with van der Waals surface area (Å²) in [4.78, 5) is 59.7. The highest BCUT2D eigenvalue weighted by Gasteiger charge is 2.66. The minimum atomic E-state index is -0.487. The molecule has 2 fully saturated rings. The van der Waals surface area contributed by atoms with Gasteiger partial charge in [0, 0.05) is 72.0 Å². The standard InChI is InChI=1S/C36H42N6O4/c1-5-30(44)29-14-36-15-31(36)42(29)34(46)19-40-18-28(23(4)43)27-13-25(26-16-37-32-11-22(3)39-41(32)17-26)12-24(35(27)40)9-7-6-8-21(2)10-33(45)38-20-36/h11-13,16-18,21,29,31H,5-10,14-15,19-20H2,1-4H3,(H,38,45)/t21-,29+,31-,36+/m1/s1. The van der Waals surface area contributed by atoms with Crippen LogP contribution < -0.4 is 5.32 Å². The van der Waals surface area contributed by atoms with Gasteiger partial charge in [0.05, 0.1) is 17.3 Å². The van der Waals surface area contributed by atoms with Crippen LogP contribution >= 0.6 is 0 Å². The van der Waals surface area contributed by atoms with Crippen LogP contribution in [0.25, 0.3) is 27.7 Å². The molecular formula is C36H42N6O4. The highest BCUT2D eigenvalue weighted by atomic mass is 16.2. The van der Waals surface area contributed by atoms with Gasteiger partial charge in [0.1, 0.15) is 6.54 Å². The molecule has 0 spiro atoms. The molecule has 240 valence electrons. The molecule has 2 bridgehead atoms. The number of amides is 2. The fraction of sp³-hybridized carbons (Fsp3) is 0.500. The molecule has 1 aromatic carbocycles. The molecule has 5 heterocycles. The second-order valence-corrected chi connectivity index (χ2v) is 13.9. The second-order valence-electron chi connectivity index (χ2n) is 13.9. The van der Waals surface area contributed by atoms with Gasteiger partial charge < -0.3 is 14.8 Å². The zero-order chi connectivity index (χ0) is 32.3. The van der Waals surface area contributed by atoms with Gasteiger partial charge in [0.15, 0.2) is 17.2 Å². The molecule has 1 N–H and O–H groups in total. The zero-order valence-corrected chi connectivity index (χ0v) is 27.1. The van der Waals surface area contributed by atoms with Gasteiger partial charge in [-0.1, -0.05) is 26.7 Å². The summed E-state index contributed by atoms with van der Waals surface area (Å²) in [7, 11) is 0. The van der Waals surface area contributed by atoms with Crippen molar-refractivity contribution in [3.8, 4) is 11.1 Å². The van der Waals surface area contributed by atoms with Crippen molar-refractivity contribution in [3.05, 3.63) is 53.6 Å². The Bertz CT molecular complexity index is 1900. The Morgan fingerprint density at radius 2 is 1.91 bits per heavy atom. The summed E-state index contributed by atoms with van der Waals surface area (Å²) >= 11 is 0. The third-order valence-electron chi connectivity index (χ3n) is 10.5. The maximum absolute atomic E-state index is 14.2. The first-order valence-corrected chi connectivity index (χ1v) is 16.7. The lowest BCUT2D eigenvalue weighted by Crippen LogP contribution is -2.44. The molecule has 0 unspecified atom stereocenters. The molecule has 2 aliphatic heterocycles. The number of aryl methyl sites for hydroxylation is 2. The topological polar surface area (TPSA) is 119 Å². The number of piperidine rings is 1. The van der Waals surface area contributed by atoms with Gasteiger partial charge in [-0.15, -0.1) is 0 Å². The Morgan fingerprint density at radius 1 is 1.09 bits per heavy atom. The van der Waals surface area contributed by atoms with E-state index in [-0.39, 0.29) is 47.3 Å². The molecule has 0 radical (unpaired) electrons. The maximum atomic E-state index is 14.2. The van der Waals surface area contributed by atoms with Crippen molar-refractivity contribution in [1.29, 1.82) is 0 Å². The van der Waals surface area contributed by atoms with Crippen molar-refractivity contribution in [2.45, 2.75) is 97.7 Å². The van der Waals surface area contributed by atoms with Crippen LogP contribution in [0.15, 0.2) is 36.8 Å². The van der Waals surface area contributed by atoms with Gasteiger partial charge in [-0.2, -0.15) is 5.10 Å². The molecular weight excluding hydrogens is 580 g/mol. The number of ketones is 2. The van der Waals surface area contributed by atoms with Gasteiger partial charge in [-0.25, -0.2) is 9.50 Å². The molecule has 7 rings (SSSR count). The number of rotatable bonds is 4. The van der Waals surface area contributed by atoms with Crippen LogP contribution in [0.1, 0.15) is 87.3 Å². The van der Waals surface area contributed by atoms with Crippen molar-refractivity contribution in [1.82, 2.24) is 29.4 Å². The first-order valence-electron chi connectivity index (χ1n) is 16.7. The monoisotopic (exact) mass is 622 g/mol. The first-order chi connectivity index (χ1) is 22.1. The maximum Gasteiger partial charge on any atom is 0.243 e. The molecule has 2 amide bonds. The van der Waals surface area contributed by atoms with Crippen LogP contribution in [0.2, 0.25) is 0 Å². The zero-order valence-electron chi connectivity index (χ0n) is 27.1. The highest BCUT2D eigenvalue weighted by molar-refractivity contribution is 6.09. The van der Waals surface area contributed by atoms with Gasteiger partial charge in [-0.05, 0) is 68.7 Å². The van der Waals surface area contributed by atoms with Crippen molar-refractivity contribution in [3.63, 3.8) is 0 Å². The van der Waals surface area contributed by atoms with Crippen LogP contribution in [0.3, 0.4) is 0 Å². The molecule has 10 nitrogen and oxygen atoms in total. The van der Waals surface area contributed by atoms with Gasteiger partial charge in [0.25, 0.3) is 0 Å². The third kappa shape index (κ3) is 5.31. The Kier molecular flexibility index (Phi) is 7.56. The van der Waals surface area contributed by atoms with Crippen LogP contribution in [0, 0.1) is 18.3 Å². The molecule has 10 heteroatoms. The number of nitrogens with zero attached hydrogens (tertiary/aromatic N) is 5. The van der Waals surface area contributed by atoms with E-state index in [0.717, 1.165) is 71.0 Å². The summed E-state index contributed by atoms with van der Waals surface area (Å²) in [5.74, 6) is 0.156. The summed E-state index contributed by atoms with van der Waals surface area (Å²) in [6.07, 6.45) is 11.4. The number of hydrogen-bond donors (Lipinski definition) is 1. The van der Waals surface area contributed by atoms with E-state index in [1.165, 1.54) is 0 Å². The van der Waals surface area contributed by atoms with Gasteiger partial charge in [-0.3, -0.25) is 19.2 Å². The Morgan fingerprint density at radius 3 is 2.70 bits per heavy atom. The van der Waals surface area contributed by atoms with E-state index in [2.05, 4.69) is 28.4 Å². The smallest absolute Gasteiger partial charge is 0.243 e. The van der Waals surface area contributed by atoms with Crippen LogP contribution in [0.5, 0.6) is 0 Å². The Balaban J connectivity index is 1.33. The van der Waals surface area contributed by atoms with E-state index in [0.29, 0.717) is 31.4 Å². The summed E-state index contributed by atoms with van der Waals surface area (Å²) < 4.78 is 3.71. The minimum absolute atomic E-state index is 0.0413. The lowest BCUT2D eigenvalue weighted by Gasteiger charge is -2.27. The number of fused-ring (bicyclic) bond motifs is 1. The number of carbonyl (C=O) groups is 4. The van der Waals surface area contributed by atoms with Gasteiger partial charge in [0.2, 0.25) is 11.8 Å². The quantitative estimate of drug-likeness (QED) is 0.318. The van der Waals surface area contributed by atoms with Crippen molar-refractivity contribution in [2.75, 3.05) is 6.54 Å². The summed E-state index contributed by atoms with van der Waals surface area (Å²) in [6.45, 7) is 8.00. The number of Topliss-reactive ketones (excluding diaryl/α,β-unsaturated/α-hetero) is 2. The fourth-order valence-corrected chi connectivity index (χ4v) is 7.99. The minimum Gasteiger partial charge on any atom is -0.355 e. The molecule has 3 aliphatic rings. The number of aromatic nitrogens is 4. The average Bonchev–Trinajstić information content (AvgIpc) is 3.27. The average molecular weight is 623 g/mol. The Hall–Kier alpha value is -4.34. The Labute approximate surface area is 268 Å². The number of hydrogen-bond acceptors (Lipinski definition) is 6. The molecule has 46 heavy (non-hydrogen) atoms. The normalized spacial score (nSPS) is 25.4. The van der Waals surface area contributed by atoms with E-state index >= 15 is 0 Å². The lowest BCUT2D eigenvalue weighted by molar-refractivity contribution is -0.139. The first kappa shape index (κ1) is 30.3. The molecule has 4 aromatic rings. The van der Waals surface area contributed by atoms with E-state index in [1.807, 2.05) is 49.1 Å². The van der Waals surface area contributed by atoms with E-state index < -0.39 is 6.04 Å². The van der Waals surface area contributed by atoms with Crippen molar-refractivity contribution in [2.24, 2.45) is 11.3 Å². The van der Waals surface area contributed by atoms with E-state index in [1.54, 1.807) is 16.3 Å². The second kappa shape index (κ2) is 11.5. The fourth-order valence-electron chi connectivity index (χ4n) is 7.99. The molecule has 1 saturated heterocycles. The van der Waals surface area contributed by atoms with E-state index in [9.17, 15) is 19.2 Å². The predicted molar refractivity (Wildman–Crippen MR) is 174 cm³/mol. The highest BCUT2D eigenvalue weighted by Crippen LogP contribution is 2.59. The molecule has 1 saturated carbocycles. The predicted octanol–water partition coefficient (Wildman–Crippen LogP) is 5.07. The lowest BCUT2D eigenvalue weighted by atomic mass is 9.94. The van der Waals surface area contributed by atoms with Crippen LogP contribution in [-0.2, 0) is 27.3 Å². The molecule has 4 atom stereocenters. The number of benzene rings is 1. The summed E-state index contributed by atoms with van der Waals surface area (Å²) in [5.41, 5.74) is 5.75. The van der Waals surface area contributed by atoms with Crippen LogP contribution in [0.4, 0.5) is 0 Å². The molecule has 1 aliphatic carbocycles. The van der Waals surface area contributed by atoms with Crippen LogP contribution in [-0.4, -0.2) is 66.1 Å². The van der Waals surface area contributed by atoms with Crippen molar-refractivity contribution >= 4 is 39.9 Å². The van der Waals surface area contributed by atoms with E-state index in [4.69, 9.17) is 0 Å². The SMILES string of the molecule is CCC(=O)[C@@H]1C[C@]23CNC(=O)C[C@H](C)CCCCc4cc(-c5cnc6cc(C)nn6c5)cc5c(C(C)=O)cn(c45)CC(=O)N1[C@@H]2C3.